The van der Waals surface area contributed by atoms with Crippen molar-refractivity contribution in [3.8, 4) is 0 Å². The highest BCUT2D eigenvalue weighted by Gasteiger charge is 2.48. The minimum absolute atomic E-state index is 0. The Morgan fingerprint density at radius 1 is 0.576 bits per heavy atom. The van der Waals surface area contributed by atoms with Gasteiger partial charge in [0.05, 0.1) is 0 Å². The van der Waals surface area contributed by atoms with Crippen LogP contribution in [-0.2, 0) is 0 Å². The molecule has 33 heavy (non-hydrogen) atoms. The summed E-state index contributed by atoms with van der Waals surface area (Å²) < 4.78 is 0. The highest BCUT2D eigenvalue weighted by atomic mass is 127. The Bertz CT molecular complexity index is 486. The molecule has 8 aliphatic rings. The number of likely N-dealkylation sites (N-methyl/N-ethyl adjacent to an activating group) is 1. The number of rotatable bonds is 7. The van der Waals surface area contributed by atoms with Gasteiger partial charge in [0.15, 0.2) is 0 Å². The van der Waals surface area contributed by atoms with Gasteiger partial charge in [-0.05, 0) is 119 Å². The molecule has 5 N–H and O–H groups in total. The summed E-state index contributed by atoms with van der Waals surface area (Å²) in [6, 6.07) is 1.69. The van der Waals surface area contributed by atoms with E-state index in [9.17, 15) is 0 Å². The molecule has 0 atom stereocenters. The minimum atomic E-state index is 0. The van der Waals surface area contributed by atoms with Crippen LogP contribution in [0.1, 0.15) is 85.5 Å². The van der Waals surface area contributed by atoms with E-state index in [0.29, 0.717) is 0 Å². The van der Waals surface area contributed by atoms with Crippen LogP contribution in [0.4, 0.5) is 0 Å². The Hall–Kier alpha value is 0.570. The van der Waals surface area contributed by atoms with Crippen molar-refractivity contribution in [2.75, 3.05) is 33.2 Å². The minimum Gasteiger partial charge on any atom is -1.00 e. The predicted molar refractivity (Wildman–Crippen MR) is 139 cm³/mol. The fourth-order valence-corrected chi connectivity index (χ4v) is 9.13. The zero-order chi connectivity index (χ0) is 21.8. The first kappa shape index (κ1) is 29.8. The average molecular weight is 576 g/mol. The molecule has 0 radical (unpaired) electrons. The maximum absolute atomic E-state index is 5.57. The summed E-state index contributed by atoms with van der Waals surface area (Å²) in [5.41, 5.74) is 5.57. The lowest BCUT2D eigenvalue weighted by Crippen LogP contribution is -3.00. The van der Waals surface area contributed by atoms with Crippen molar-refractivity contribution in [2.45, 2.75) is 97.6 Å². The highest BCUT2D eigenvalue weighted by Crippen LogP contribution is 2.54. The highest BCUT2D eigenvalue weighted by molar-refractivity contribution is 5.02. The van der Waals surface area contributed by atoms with Gasteiger partial charge < -0.3 is 45.7 Å². The van der Waals surface area contributed by atoms with Gasteiger partial charge in [0.25, 0.3) is 0 Å². The Morgan fingerprint density at radius 2 is 0.909 bits per heavy atom. The van der Waals surface area contributed by atoms with E-state index < -0.39 is 0 Å². The molecule has 4 nitrogen and oxygen atoms in total. The number of nitrogens with two attached hydrogens (primary N) is 1. The van der Waals surface area contributed by atoms with Gasteiger partial charge >= 0.3 is 0 Å². The molecule has 0 aromatic heterocycles. The molecule has 8 bridgehead atoms. The van der Waals surface area contributed by atoms with Gasteiger partial charge in [0, 0.05) is 38.3 Å². The largest absolute Gasteiger partial charge is 1.00 e. The number of halogens is 1. The summed E-state index contributed by atoms with van der Waals surface area (Å²) in [4.78, 5) is 0. The zero-order valence-electron chi connectivity index (χ0n) is 21.1. The maximum atomic E-state index is 5.57. The smallest absolute Gasteiger partial charge is 0.0124 e. The van der Waals surface area contributed by atoms with Crippen LogP contribution in [-0.4, -0.2) is 45.3 Å². The molecular weight excluding hydrogens is 519 g/mol. The van der Waals surface area contributed by atoms with E-state index in [0.717, 1.165) is 85.6 Å². The van der Waals surface area contributed by atoms with E-state index in [1.807, 2.05) is 20.9 Å². The molecule has 8 rings (SSSR count). The van der Waals surface area contributed by atoms with Gasteiger partial charge in [0.1, 0.15) is 0 Å². The molecule has 0 unspecified atom stereocenters. The zero-order valence-corrected chi connectivity index (χ0v) is 23.3. The maximum Gasteiger partial charge on any atom is 0.0124 e. The van der Waals surface area contributed by atoms with Crippen molar-refractivity contribution in [1.82, 2.24) is 16.0 Å². The molecule has 196 valence electrons. The third-order valence-electron chi connectivity index (χ3n) is 9.73. The van der Waals surface area contributed by atoms with Crippen LogP contribution in [0.5, 0.6) is 0 Å². The third-order valence-corrected chi connectivity index (χ3v) is 9.73. The Balaban J connectivity index is 0.000000206. The first-order chi connectivity index (χ1) is 15.2. The standard InChI is InChI=1S/C13H24N2.C12H22N2.C2H6.CH4.HI/c1-14-2-3-15-13-11-5-9-4-10(7-11)8-12(13)6-9;13-1-2-14-12-10-4-8-3-9(6-10)7-11(12)5-8;1-2;;/h9-15H,2-8H2,1H3;8-12,14H,1-7,13H2;1-2H3;1H4;1H/p-1. The van der Waals surface area contributed by atoms with Crippen LogP contribution in [0.3, 0.4) is 0 Å². The normalized spacial score (nSPS) is 42.9. The van der Waals surface area contributed by atoms with E-state index in [1.54, 1.807) is 12.8 Å². The van der Waals surface area contributed by atoms with Crippen molar-refractivity contribution in [1.29, 1.82) is 0 Å². The molecule has 0 aromatic rings. The Morgan fingerprint density at radius 3 is 1.21 bits per heavy atom. The predicted octanol–water partition coefficient (Wildman–Crippen LogP) is 1.65. The van der Waals surface area contributed by atoms with Crippen molar-refractivity contribution in [3.05, 3.63) is 0 Å². The summed E-state index contributed by atoms with van der Waals surface area (Å²) in [5.74, 6) is 8.44. The third kappa shape index (κ3) is 7.08. The van der Waals surface area contributed by atoms with Crippen molar-refractivity contribution in [2.24, 2.45) is 53.1 Å². The Labute approximate surface area is 223 Å². The van der Waals surface area contributed by atoms with Crippen LogP contribution in [0.2, 0.25) is 0 Å². The second-order valence-corrected chi connectivity index (χ2v) is 11.7. The molecule has 8 aliphatic carbocycles. The number of nitrogens with one attached hydrogen (secondary N) is 3. The molecule has 0 spiro atoms. The number of hydrogen-bond donors (Lipinski definition) is 4. The van der Waals surface area contributed by atoms with E-state index in [4.69, 9.17) is 5.73 Å². The SMILES string of the molecule is C.CC.CNCCNC1C2CC3CC(C2)CC1C3.NCCNC1C2CC3CC(C2)CC1C3.[I-]. The van der Waals surface area contributed by atoms with Gasteiger partial charge in [-0.1, -0.05) is 21.3 Å². The molecule has 0 aliphatic heterocycles. The molecule has 0 aromatic carbocycles. The van der Waals surface area contributed by atoms with Crippen molar-refractivity contribution >= 4 is 0 Å². The molecule has 8 saturated carbocycles. The summed E-state index contributed by atoms with van der Waals surface area (Å²) in [5, 5.41) is 10.7. The van der Waals surface area contributed by atoms with Crippen LogP contribution in [0.25, 0.3) is 0 Å². The fraction of sp³-hybridized carbons (Fsp3) is 1.00. The van der Waals surface area contributed by atoms with Gasteiger partial charge in [-0.2, -0.15) is 0 Å². The van der Waals surface area contributed by atoms with E-state index in [1.165, 1.54) is 51.4 Å². The summed E-state index contributed by atoms with van der Waals surface area (Å²) in [7, 11) is 2.04. The Kier molecular flexibility index (Phi) is 13.0. The molecule has 5 heteroatoms. The van der Waals surface area contributed by atoms with E-state index >= 15 is 0 Å². The van der Waals surface area contributed by atoms with Gasteiger partial charge in [0.2, 0.25) is 0 Å². The lowest BCUT2D eigenvalue weighted by Gasteiger charge is -2.54. The van der Waals surface area contributed by atoms with E-state index in [-0.39, 0.29) is 31.4 Å². The van der Waals surface area contributed by atoms with Crippen molar-refractivity contribution in [3.63, 3.8) is 0 Å². The molecule has 0 saturated heterocycles. The topological polar surface area (TPSA) is 62.1 Å². The second kappa shape index (κ2) is 14.3. The van der Waals surface area contributed by atoms with Crippen LogP contribution < -0.4 is 45.7 Å². The lowest BCUT2D eigenvalue weighted by atomic mass is 9.54. The van der Waals surface area contributed by atoms with Gasteiger partial charge in [-0.25, -0.2) is 0 Å². The molecule has 8 fully saturated rings. The first-order valence-electron chi connectivity index (χ1n) is 14.0. The second-order valence-electron chi connectivity index (χ2n) is 11.7. The molecule has 0 amide bonds. The first-order valence-corrected chi connectivity index (χ1v) is 14.0. The molecule has 0 heterocycles. The fourth-order valence-electron chi connectivity index (χ4n) is 9.13. The van der Waals surface area contributed by atoms with E-state index in [2.05, 4.69) is 16.0 Å². The lowest BCUT2D eigenvalue weighted by molar-refractivity contribution is -0.0133. The quantitative estimate of drug-likeness (QED) is 0.276. The average Bonchev–Trinajstić information content (AvgIpc) is 2.76. The monoisotopic (exact) mass is 575 g/mol. The summed E-state index contributed by atoms with van der Waals surface area (Å²) in [6.45, 7) is 8.09. The van der Waals surface area contributed by atoms with Crippen LogP contribution in [0.15, 0.2) is 0 Å². The molecular formula is C28H56IN4-. The summed E-state index contributed by atoms with van der Waals surface area (Å²) >= 11 is 0. The van der Waals surface area contributed by atoms with Crippen molar-refractivity contribution < 1.29 is 24.0 Å². The van der Waals surface area contributed by atoms with Crippen LogP contribution >= 0.6 is 0 Å². The number of hydrogen-bond acceptors (Lipinski definition) is 4. The van der Waals surface area contributed by atoms with Gasteiger partial charge in [-0.15, -0.1) is 0 Å². The van der Waals surface area contributed by atoms with Crippen LogP contribution in [0, 0.1) is 47.3 Å². The van der Waals surface area contributed by atoms with Gasteiger partial charge in [-0.3, -0.25) is 0 Å². The summed E-state index contributed by atoms with van der Waals surface area (Å²) in [6.07, 6.45) is 15.3.